The number of fused-ring (bicyclic) bond motifs is 4. The van der Waals surface area contributed by atoms with Gasteiger partial charge in [0.25, 0.3) is 0 Å². The largest absolute Gasteiger partial charge is 0.184 e. The van der Waals surface area contributed by atoms with Crippen LogP contribution < -0.4 is 10.4 Å². The third-order valence-electron chi connectivity index (χ3n) is 7.14. The van der Waals surface area contributed by atoms with E-state index in [0.29, 0.717) is 0 Å². The second-order valence-corrected chi connectivity index (χ2v) is 16.5. The van der Waals surface area contributed by atoms with Crippen LogP contribution in [0.25, 0.3) is 33.0 Å². The average Bonchev–Trinajstić information content (AvgIpc) is 3.49. The third-order valence-corrected chi connectivity index (χ3v) is 8.51. The van der Waals surface area contributed by atoms with Crippen molar-refractivity contribution in [1.82, 2.24) is 0 Å². The molecule has 202 valence electrons. The Labute approximate surface area is 262 Å². The van der Waals surface area contributed by atoms with Crippen LogP contribution in [0.2, 0.25) is 0 Å². The topological polar surface area (TPSA) is 0 Å². The van der Waals surface area contributed by atoms with Crippen molar-refractivity contribution in [2.24, 2.45) is 0 Å². The van der Waals surface area contributed by atoms with Crippen molar-refractivity contribution in [2.45, 2.75) is 59.8 Å². The van der Waals surface area contributed by atoms with E-state index in [-0.39, 0.29) is 5.41 Å². The predicted molar refractivity (Wildman–Crippen MR) is 175 cm³/mol. The molecule has 40 heavy (non-hydrogen) atoms. The zero-order chi connectivity index (χ0) is 28.9. The summed E-state index contributed by atoms with van der Waals surface area (Å²) in [7, 11) is 10.7. The van der Waals surface area contributed by atoms with Gasteiger partial charge in [-0.05, 0) is 31.2 Å². The Balaban J connectivity index is 0.000000192. The first kappa shape index (κ1) is 31.1. The second kappa shape index (κ2) is 13.9. The van der Waals surface area contributed by atoms with Crippen LogP contribution in [0.3, 0.4) is 0 Å². The Hall–Kier alpha value is -1.83. The number of halogens is 2. The van der Waals surface area contributed by atoms with Gasteiger partial charge in [0.15, 0.2) is 0 Å². The smallest absolute Gasteiger partial charge is 0.0920 e. The van der Waals surface area contributed by atoms with E-state index in [9.17, 15) is 0 Å². The zero-order valence-electron chi connectivity index (χ0n) is 24.3. The molecule has 5 aromatic rings. The van der Waals surface area contributed by atoms with Crippen molar-refractivity contribution in [3.05, 3.63) is 113 Å². The number of benzene rings is 4. The minimum Gasteiger partial charge on any atom is -0.184 e. The van der Waals surface area contributed by atoms with Gasteiger partial charge in [0.1, 0.15) is 0 Å². The van der Waals surface area contributed by atoms with Gasteiger partial charge in [-0.2, -0.15) is 35.5 Å². The molecule has 5 aromatic carbocycles. The average molecular weight is 659 g/mol. The summed E-state index contributed by atoms with van der Waals surface area (Å²) in [6.45, 7) is 13.6. The standard InChI is InChI=1S/C24H29.C12H7Si.2ClH.Zr/c1-7-8-18-14-19-9-10-22(24(4,5)6)23(21(19)15-18)20-12-16(2)11-17(3)13-20;1-3-7-11-9(5-1)10-6-2-4-8-12(10)13-11;;;/h9-15H,7-8H2,1-6H3;1-7H;2*1H;/q2*-1;;;+4/p-2. The second-order valence-electron chi connectivity index (χ2n) is 11.4. The maximum Gasteiger partial charge on any atom is 0.0920 e. The summed E-state index contributed by atoms with van der Waals surface area (Å²) in [5, 5.41) is 5.61. The van der Waals surface area contributed by atoms with Crippen molar-refractivity contribution in [1.29, 1.82) is 0 Å². The van der Waals surface area contributed by atoms with Crippen molar-refractivity contribution in [3.63, 3.8) is 0 Å². The number of rotatable bonds is 3. The Morgan fingerprint density at radius 1 is 0.875 bits per heavy atom. The molecule has 0 nitrogen and oxygen atoms in total. The fourth-order valence-corrected chi connectivity index (χ4v) is 6.87. The molecule has 1 aliphatic heterocycles. The van der Waals surface area contributed by atoms with Crippen LogP contribution in [-0.2, 0) is 32.7 Å². The fraction of sp³-hybridized carbons (Fsp3) is 0.250. The first-order valence-corrected chi connectivity index (χ1v) is 21.1. The third kappa shape index (κ3) is 7.32. The minimum atomic E-state index is -0.826. The first-order valence-electron chi connectivity index (χ1n) is 13.8. The van der Waals surface area contributed by atoms with Gasteiger partial charge in [-0.1, -0.05) is 110 Å². The van der Waals surface area contributed by atoms with Crippen molar-refractivity contribution in [3.8, 4) is 22.3 Å². The molecule has 0 bridgehead atoms. The van der Waals surface area contributed by atoms with E-state index in [4.69, 9.17) is 17.0 Å². The Kier molecular flexibility index (Phi) is 10.8. The number of hydrogen-bond donors (Lipinski definition) is 0. The maximum atomic E-state index is 4.93. The van der Waals surface area contributed by atoms with Gasteiger partial charge in [-0.3, -0.25) is 0 Å². The van der Waals surface area contributed by atoms with E-state index in [1.54, 1.807) is 0 Å². The van der Waals surface area contributed by atoms with Gasteiger partial charge in [-0.15, -0.1) is 40.1 Å². The van der Waals surface area contributed by atoms with Gasteiger partial charge in [0, 0.05) is 0 Å². The molecule has 0 N–H and O–H groups in total. The molecular formula is C36H36Cl2SiZr. The van der Waals surface area contributed by atoms with E-state index in [0.717, 1.165) is 15.9 Å². The minimum absolute atomic E-state index is 0.128. The Morgan fingerprint density at radius 3 is 2.23 bits per heavy atom. The molecule has 0 spiro atoms. The van der Waals surface area contributed by atoms with Crippen molar-refractivity contribution >= 4 is 47.7 Å². The summed E-state index contributed by atoms with van der Waals surface area (Å²) < 4.78 is 0. The fourth-order valence-electron chi connectivity index (χ4n) is 5.56. The van der Waals surface area contributed by atoms with Crippen LogP contribution in [-0.4, -0.2) is 9.52 Å². The van der Waals surface area contributed by atoms with Crippen LogP contribution >= 0.6 is 17.0 Å². The molecule has 4 heteroatoms. The van der Waals surface area contributed by atoms with Crippen LogP contribution in [0, 0.1) is 19.9 Å². The molecule has 0 aromatic heterocycles. The predicted octanol–water partition coefficient (Wildman–Crippen LogP) is 9.59. The Morgan fingerprint density at radius 2 is 1.55 bits per heavy atom. The monoisotopic (exact) mass is 656 g/mol. The molecular weight excluding hydrogens is 623 g/mol. The van der Waals surface area contributed by atoms with Crippen LogP contribution in [0.1, 0.15) is 56.4 Å². The van der Waals surface area contributed by atoms with E-state index in [1.165, 1.54) is 72.1 Å². The van der Waals surface area contributed by atoms with Crippen LogP contribution in [0.15, 0.2) is 84.9 Å². The molecule has 1 heterocycles. The van der Waals surface area contributed by atoms with Gasteiger partial charge in [0.2, 0.25) is 0 Å². The molecule has 0 unspecified atom stereocenters. The molecule has 1 aliphatic rings. The van der Waals surface area contributed by atoms with Gasteiger partial charge < -0.3 is 0 Å². The molecule has 0 atom stereocenters. The van der Waals surface area contributed by atoms with E-state index >= 15 is 0 Å². The molecule has 0 aliphatic carbocycles. The van der Waals surface area contributed by atoms with Gasteiger partial charge in [0.05, 0.1) is 9.52 Å². The Bertz CT molecular complexity index is 1530. The van der Waals surface area contributed by atoms with Crippen LogP contribution in [0.5, 0.6) is 0 Å². The summed E-state index contributed by atoms with van der Waals surface area (Å²) in [6, 6.07) is 34.5. The zero-order valence-corrected chi connectivity index (χ0v) is 29.2. The van der Waals surface area contributed by atoms with E-state index < -0.39 is 20.8 Å². The summed E-state index contributed by atoms with van der Waals surface area (Å²) >= 11 is -0.826. The van der Waals surface area contributed by atoms with Crippen molar-refractivity contribution in [2.75, 3.05) is 0 Å². The van der Waals surface area contributed by atoms with E-state index in [2.05, 4.69) is 126 Å². The summed E-state index contributed by atoms with van der Waals surface area (Å²) in [5.41, 5.74) is 11.3. The molecule has 0 amide bonds. The number of aryl methyl sites for hydroxylation is 3. The van der Waals surface area contributed by atoms with E-state index in [1.807, 2.05) is 6.07 Å². The van der Waals surface area contributed by atoms with Gasteiger partial charge >= 0.3 is 37.9 Å². The SMILES string of the molecule is CCCc1cc2c(-c3cc(C)cc(C)c3)c(C(C)(C)C)ccc2[cH-]1.[Cl][Zr+2][Cl].[c-]1cccc2c1[Si]c1ccccc1-2. The molecule has 0 saturated carbocycles. The van der Waals surface area contributed by atoms with Crippen LogP contribution in [0.4, 0.5) is 0 Å². The maximum absolute atomic E-state index is 4.93. The summed E-state index contributed by atoms with van der Waals surface area (Å²) in [6.07, 6.45) is 2.35. The molecule has 0 saturated heterocycles. The number of hydrogen-bond acceptors (Lipinski definition) is 0. The molecule has 6 rings (SSSR count). The molecule has 0 fully saturated rings. The summed E-state index contributed by atoms with van der Waals surface area (Å²) in [4.78, 5) is 0. The quantitative estimate of drug-likeness (QED) is 0.131. The van der Waals surface area contributed by atoms with Crippen molar-refractivity contribution < 1.29 is 20.8 Å². The molecule has 2 radical (unpaired) electrons. The summed E-state index contributed by atoms with van der Waals surface area (Å²) in [5.74, 6) is 0. The normalized spacial score (nSPS) is 11.5. The van der Waals surface area contributed by atoms with Gasteiger partial charge in [-0.25, -0.2) is 0 Å². The first-order chi connectivity index (χ1) is 19.2.